The molecular formula is C13H11Cl3N2. The minimum Gasteiger partial charge on any atom is -0.399 e. The van der Waals surface area contributed by atoms with Gasteiger partial charge in [0, 0.05) is 32.9 Å². The summed E-state index contributed by atoms with van der Waals surface area (Å²) in [7, 11) is 0. The maximum atomic E-state index is 6.14. The van der Waals surface area contributed by atoms with E-state index in [2.05, 4.69) is 0 Å². The fourth-order valence-corrected chi connectivity index (χ4v) is 2.58. The Balaban J connectivity index is 2.40. The van der Waals surface area contributed by atoms with Crippen molar-refractivity contribution in [2.45, 2.75) is 6.42 Å². The summed E-state index contributed by atoms with van der Waals surface area (Å²) < 4.78 is 0. The lowest BCUT2D eigenvalue weighted by Crippen LogP contribution is -1.95. The second-order valence-corrected chi connectivity index (χ2v) is 5.21. The topological polar surface area (TPSA) is 52.0 Å². The third kappa shape index (κ3) is 2.83. The minimum absolute atomic E-state index is 0.535. The molecule has 18 heavy (non-hydrogen) atoms. The molecule has 0 heterocycles. The van der Waals surface area contributed by atoms with E-state index >= 15 is 0 Å². The summed E-state index contributed by atoms with van der Waals surface area (Å²) in [5, 5.41) is 1.67. The molecule has 2 rings (SSSR count). The highest BCUT2D eigenvalue weighted by Gasteiger charge is 2.10. The summed E-state index contributed by atoms with van der Waals surface area (Å²) in [6.45, 7) is 0. The summed E-state index contributed by atoms with van der Waals surface area (Å²) >= 11 is 18.4. The number of halogens is 3. The fraction of sp³-hybridized carbons (Fsp3) is 0.0769. The molecule has 2 aromatic rings. The molecule has 2 nitrogen and oxygen atoms in total. The van der Waals surface area contributed by atoms with Crippen LogP contribution in [0.15, 0.2) is 30.3 Å². The lowest BCUT2D eigenvalue weighted by molar-refractivity contribution is 1.19. The molecule has 2 aromatic carbocycles. The summed E-state index contributed by atoms with van der Waals surface area (Å²) in [5.74, 6) is 0. The van der Waals surface area contributed by atoms with E-state index < -0.39 is 0 Å². The van der Waals surface area contributed by atoms with Crippen molar-refractivity contribution < 1.29 is 0 Å². The van der Waals surface area contributed by atoms with Gasteiger partial charge < -0.3 is 11.5 Å². The third-order valence-corrected chi connectivity index (χ3v) is 3.63. The number of rotatable bonds is 2. The van der Waals surface area contributed by atoms with Gasteiger partial charge in [-0.3, -0.25) is 0 Å². The Labute approximate surface area is 120 Å². The quantitative estimate of drug-likeness (QED) is 0.808. The highest BCUT2D eigenvalue weighted by Crippen LogP contribution is 2.32. The number of nitrogens with two attached hydrogens (primary N) is 2. The van der Waals surface area contributed by atoms with E-state index in [1.54, 1.807) is 24.3 Å². The van der Waals surface area contributed by atoms with Gasteiger partial charge in [0.15, 0.2) is 0 Å². The Hall–Kier alpha value is -1.09. The van der Waals surface area contributed by atoms with Gasteiger partial charge in [-0.05, 0) is 35.4 Å². The second-order valence-electron chi connectivity index (χ2n) is 3.99. The maximum Gasteiger partial charge on any atom is 0.0476 e. The first-order valence-corrected chi connectivity index (χ1v) is 6.38. The highest BCUT2D eigenvalue weighted by atomic mass is 35.5. The molecule has 0 unspecified atom stereocenters. The predicted octanol–water partition coefficient (Wildman–Crippen LogP) is 4.40. The SMILES string of the molecule is Nc1ccc(Cc2c(Cl)cc(N)cc2Cl)c(Cl)c1. The molecule has 0 aliphatic heterocycles. The summed E-state index contributed by atoms with van der Waals surface area (Å²) in [5.41, 5.74) is 14.2. The third-order valence-electron chi connectivity index (χ3n) is 2.61. The van der Waals surface area contributed by atoms with Crippen LogP contribution in [0.1, 0.15) is 11.1 Å². The minimum atomic E-state index is 0.535. The smallest absolute Gasteiger partial charge is 0.0476 e. The number of benzene rings is 2. The molecule has 4 N–H and O–H groups in total. The lowest BCUT2D eigenvalue weighted by Gasteiger charge is -2.10. The Kier molecular flexibility index (Phi) is 3.91. The first kappa shape index (κ1) is 13.3. The average molecular weight is 302 g/mol. The molecule has 0 saturated carbocycles. The van der Waals surface area contributed by atoms with Crippen LogP contribution in [0, 0.1) is 0 Å². The van der Waals surface area contributed by atoms with Gasteiger partial charge in [-0.1, -0.05) is 40.9 Å². The van der Waals surface area contributed by atoms with Crippen molar-refractivity contribution in [3.63, 3.8) is 0 Å². The largest absolute Gasteiger partial charge is 0.399 e. The molecule has 0 bridgehead atoms. The standard InChI is InChI=1S/C13H11Cl3N2/c14-11-4-8(17)2-1-7(11)3-10-12(15)5-9(18)6-13(10)16/h1-2,4-6H,3,17-18H2. The molecule has 94 valence electrons. The normalized spacial score (nSPS) is 10.6. The molecule has 0 radical (unpaired) electrons. The molecule has 0 aliphatic rings. The Morgan fingerprint density at radius 3 is 1.89 bits per heavy atom. The van der Waals surface area contributed by atoms with E-state index in [9.17, 15) is 0 Å². The second kappa shape index (κ2) is 5.27. The average Bonchev–Trinajstić information content (AvgIpc) is 2.25. The van der Waals surface area contributed by atoms with Crippen molar-refractivity contribution in [2.75, 3.05) is 11.5 Å². The maximum absolute atomic E-state index is 6.14. The molecule has 0 amide bonds. The van der Waals surface area contributed by atoms with Crippen LogP contribution < -0.4 is 11.5 Å². The van der Waals surface area contributed by atoms with Crippen LogP contribution in [0.5, 0.6) is 0 Å². The fourth-order valence-electron chi connectivity index (χ4n) is 1.69. The van der Waals surface area contributed by atoms with Gasteiger partial charge in [-0.25, -0.2) is 0 Å². The van der Waals surface area contributed by atoms with Gasteiger partial charge in [-0.2, -0.15) is 0 Å². The van der Waals surface area contributed by atoms with E-state index in [4.69, 9.17) is 46.3 Å². The molecule has 0 spiro atoms. The molecule has 0 saturated heterocycles. The number of nitrogen functional groups attached to an aromatic ring is 2. The Morgan fingerprint density at radius 2 is 1.33 bits per heavy atom. The van der Waals surface area contributed by atoms with Crippen molar-refractivity contribution >= 4 is 46.2 Å². The van der Waals surface area contributed by atoms with E-state index in [0.717, 1.165) is 11.1 Å². The van der Waals surface area contributed by atoms with Gasteiger partial charge in [0.25, 0.3) is 0 Å². The predicted molar refractivity (Wildman–Crippen MR) is 79.5 cm³/mol. The van der Waals surface area contributed by atoms with Gasteiger partial charge in [0.05, 0.1) is 0 Å². The van der Waals surface area contributed by atoms with Crippen LogP contribution in [-0.4, -0.2) is 0 Å². The van der Waals surface area contributed by atoms with Crippen molar-refractivity contribution in [1.29, 1.82) is 0 Å². The van der Waals surface area contributed by atoms with Gasteiger partial charge in [0.1, 0.15) is 0 Å². The number of hydrogen-bond acceptors (Lipinski definition) is 2. The molecular weight excluding hydrogens is 291 g/mol. The van der Waals surface area contributed by atoms with Crippen molar-refractivity contribution in [3.8, 4) is 0 Å². The summed E-state index contributed by atoms with van der Waals surface area (Å²) in [6, 6.07) is 8.71. The number of hydrogen-bond donors (Lipinski definition) is 2. The van der Waals surface area contributed by atoms with Crippen LogP contribution in [0.2, 0.25) is 15.1 Å². The van der Waals surface area contributed by atoms with Crippen molar-refractivity contribution in [3.05, 3.63) is 56.5 Å². The van der Waals surface area contributed by atoms with E-state index in [1.165, 1.54) is 0 Å². The van der Waals surface area contributed by atoms with Crippen LogP contribution in [0.3, 0.4) is 0 Å². The summed E-state index contributed by atoms with van der Waals surface area (Å²) in [4.78, 5) is 0. The molecule has 0 fully saturated rings. The van der Waals surface area contributed by atoms with Crippen LogP contribution in [-0.2, 0) is 6.42 Å². The zero-order valence-corrected chi connectivity index (χ0v) is 11.7. The van der Waals surface area contributed by atoms with E-state index in [1.807, 2.05) is 6.07 Å². The van der Waals surface area contributed by atoms with E-state index in [-0.39, 0.29) is 0 Å². The first-order valence-electron chi connectivity index (χ1n) is 5.24. The van der Waals surface area contributed by atoms with Gasteiger partial charge in [0.2, 0.25) is 0 Å². The van der Waals surface area contributed by atoms with Gasteiger partial charge in [-0.15, -0.1) is 0 Å². The first-order chi connectivity index (χ1) is 8.47. The van der Waals surface area contributed by atoms with Crippen LogP contribution in [0.25, 0.3) is 0 Å². The Morgan fingerprint density at radius 1 is 0.778 bits per heavy atom. The highest BCUT2D eigenvalue weighted by molar-refractivity contribution is 6.36. The zero-order chi connectivity index (χ0) is 13.3. The molecule has 5 heteroatoms. The van der Waals surface area contributed by atoms with Crippen molar-refractivity contribution in [1.82, 2.24) is 0 Å². The van der Waals surface area contributed by atoms with E-state index in [0.29, 0.717) is 32.9 Å². The zero-order valence-electron chi connectivity index (χ0n) is 9.38. The van der Waals surface area contributed by atoms with Crippen LogP contribution in [0.4, 0.5) is 11.4 Å². The summed E-state index contributed by atoms with van der Waals surface area (Å²) in [6.07, 6.45) is 0.539. The lowest BCUT2D eigenvalue weighted by atomic mass is 10.0. The number of anilines is 2. The Bertz CT molecular complexity index is 574. The van der Waals surface area contributed by atoms with Crippen molar-refractivity contribution in [2.24, 2.45) is 0 Å². The monoisotopic (exact) mass is 300 g/mol. The molecule has 0 atom stereocenters. The molecule has 0 aliphatic carbocycles. The van der Waals surface area contributed by atoms with Crippen LogP contribution >= 0.6 is 34.8 Å². The van der Waals surface area contributed by atoms with Gasteiger partial charge >= 0.3 is 0 Å². The molecule has 0 aromatic heterocycles.